The van der Waals surface area contributed by atoms with Crippen molar-refractivity contribution >= 4 is 17.6 Å². The van der Waals surface area contributed by atoms with Crippen LogP contribution < -0.4 is 14.4 Å². The van der Waals surface area contributed by atoms with Crippen LogP contribution in [-0.4, -0.2) is 63.2 Å². The largest absolute Gasteiger partial charge is 0.496 e. The molecule has 0 radical (unpaired) electrons. The monoisotopic (exact) mass is 465 g/mol. The molecule has 3 aromatic rings. The van der Waals surface area contributed by atoms with E-state index in [1.807, 2.05) is 24.3 Å². The van der Waals surface area contributed by atoms with E-state index < -0.39 is 11.9 Å². The molecule has 0 amide bonds. The molecule has 178 valence electrons. The van der Waals surface area contributed by atoms with Crippen molar-refractivity contribution in [1.29, 1.82) is 0 Å². The van der Waals surface area contributed by atoms with Crippen LogP contribution >= 0.6 is 0 Å². The maximum absolute atomic E-state index is 13.0. The van der Waals surface area contributed by atoms with Gasteiger partial charge in [-0.2, -0.15) is 5.10 Å². The second-order valence-electron chi connectivity index (χ2n) is 7.72. The molecule has 1 aliphatic rings. The van der Waals surface area contributed by atoms with Crippen LogP contribution in [0.5, 0.6) is 11.5 Å². The van der Waals surface area contributed by atoms with Gasteiger partial charge in [0.2, 0.25) is 0 Å². The van der Waals surface area contributed by atoms with Crippen molar-refractivity contribution in [2.75, 3.05) is 46.4 Å². The van der Waals surface area contributed by atoms with E-state index in [1.165, 1.54) is 18.9 Å². The normalized spacial score (nSPS) is 13.0. The van der Waals surface area contributed by atoms with Crippen LogP contribution in [0.2, 0.25) is 0 Å². The number of anilines is 1. The zero-order valence-electron chi connectivity index (χ0n) is 19.7. The van der Waals surface area contributed by atoms with E-state index in [0.717, 1.165) is 31.6 Å². The summed E-state index contributed by atoms with van der Waals surface area (Å²) in [6.07, 6.45) is 2.20. The molecule has 1 saturated heterocycles. The molecule has 0 spiro atoms. The third kappa shape index (κ3) is 4.05. The predicted molar refractivity (Wildman–Crippen MR) is 126 cm³/mol. The van der Waals surface area contributed by atoms with Crippen LogP contribution in [0.4, 0.5) is 5.69 Å². The maximum Gasteiger partial charge on any atom is 0.357 e. The highest BCUT2D eigenvalue weighted by Crippen LogP contribution is 2.43. The van der Waals surface area contributed by atoms with Crippen molar-refractivity contribution in [2.45, 2.75) is 12.8 Å². The lowest BCUT2D eigenvalue weighted by atomic mass is 10.0. The molecule has 1 aliphatic heterocycles. The molecule has 2 aromatic carbocycles. The quantitative estimate of drug-likeness (QED) is 0.488. The van der Waals surface area contributed by atoms with Crippen molar-refractivity contribution in [3.8, 4) is 28.4 Å². The van der Waals surface area contributed by atoms with Crippen molar-refractivity contribution < 1.29 is 28.5 Å². The summed E-state index contributed by atoms with van der Waals surface area (Å²) in [6.45, 7) is 1.84. The van der Waals surface area contributed by atoms with E-state index in [1.54, 1.807) is 32.4 Å². The second kappa shape index (κ2) is 9.86. The summed E-state index contributed by atoms with van der Waals surface area (Å²) in [6, 6.07) is 12.7. The molecule has 2 heterocycles. The van der Waals surface area contributed by atoms with Crippen LogP contribution in [-0.2, 0) is 9.47 Å². The molecule has 9 heteroatoms. The molecule has 34 heavy (non-hydrogen) atoms. The van der Waals surface area contributed by atoms with Crippen LogP contribution in [0, 0.1) is 0 Å². The van der Waals surface area contributed by atoms with Gasteiger partial charge in [0.25, 0.3) is 0 Å². The highest BCUT2D eigenvalue weighted by atomic mass is 16.5. The number of carbonyl (C=O) groups excluding carboxylic acids is 2. The summed E-state index contributed by atoms with van der Waals surface area (Å²) in [7, 11) is 5.64. The third-order valence-corrected chi connectivity index (χ3v) is 5.86. The van der Waals surface area contributed by atoms with E-state index in [9.17, 15) is 9.59 Å². The van der Waals surface area contributed by atoms with Gasteiger partial charge in [0.15, 0.2) is 5.69 Å². The molecule has 0 unspecified atom stereocenters. The van der Waals surface area contributed by atoms with E-state index in [0.29, 0.717) is 22.7 Å². The first-order valence-electron chi connectivity index (χ1n) is 10.9. The summed E-state index contributed by atoms with van der Waals surface area (Å²) in [5, 5.41) is 4.67. The fourth-order valence-corrected chi connectivity index (χ4v) is 4.22. The number of hydrogen-bond acceptors (Lipinski definition) is 8. The molecule has 0 N–H and O–H groups in total. The first-order chi connectivity index (χ1) is 16.5. The Bertz CT molecular complexity index is 1200. The van der Waals surface area contributed by atoms with Gasteiger partial charge < -0.3 is 23.8 Å². The summed E-state index contributed by atoms with van der Waals surface area (Å²) < 4.78 is 22.8. The Morgan fingerprint density at radius 1 is 0.853 bits per heavy atom. The molecule has 9 nitrogen and oxygen atoms in total. The fourth-order valence-electron chi connectivity index (χ4n) is 4.22. The van der Waals surface area contributed by atoms with Gasteiger partial charge in [-0.1, -0.05) is 18.2 Å². The number of benzene rings is 2. The van der Waals surface area contributed by atoms with Gasteiger partial charge >= 0.3 is 11.9 Å². The fraction of sp³-hybridized carbons (Fsp3) is 0.320. The molecule has 1 fully saturated rings. The number of methoxy groups -OCH3 is 4. The minimum absolute atomic E-state index is 0.0209. The second-order valence-corrected chi connectivity index (χ2v) is 7.72. The third-order valence-electron chi connectivity index (χ3n) is 5.86. The van der Waals surface area contributed by atoms with Gasteiger partial charge in [0.1, 0.15) is 22.8 Å². The lowest BCUT2D eigenvalue weighted by Crippen LogP contribution is -2.18. The molecular formula is C25H27N3O6. The molecule has 0 aliphatic carbocycles. The molecule has 1 aromatic heterocycles. The molecule has 0 atom stereocenters. The van der Waals surface area contributed by atoms with Crippen LogP contribution in [0.1, 0.15) is 33.7 Å². The highest BCUT2D eigenvalue weighted by Gasteiger charge is 2.33. The Kier molecular flexibility index (Phi) is 6.72. The topological polar surface area (TPSA) is 92.1 Å². The first-order valence-corrected chi connectivity index (χ1v) is 10.9. The number of rotatable bonds is 7. The number of ether oxygens (including phenoxy) is 4. The standard InChI is InChI=1S/C25H27N3O6/c1-31-19-15-18(27-12-8-9-13-27)20(32-2)14-17(19)22-21(24(29)33-3)23(25(30)34-4)28(26-22)16-10-6-5-7-11-16/h5-7,10-11,14-15H,8-9,12-13H2,1-4H3. The summed E-state index contributed by atoms with van der Waals surface area (Å²) >= 11 is 0. The zero-order valence-corrected chi connectivity index (χ0v) is 19.7. The van der Waals surface area contributed by atoms with Gasteiger partial charge in [0, 0.05) is 24.7 Å². The average Bonchev–Trinajstić information content (AvgIpc) is 3.56. The average molecular weight is 466 g/mol. The number of carbonyl (C=O) groups is 2. The number of hydrogen-bond donors (Lipinski definition) is 0. The smallest absolute Gasteiger partial charge is 0.357 e. The van der Waals surface area contributed by atoms with Gasteiger partial charge in [-0.3, -0.25) is 0 Å². The molecule has 0 saturated carbocycles. The minimum atomic E-state index is -0.720. The van der Waals surface area contributed by atoms with Crippen molar-refractivity contribution in [1.82, 2.24) is 9.78 Å². The predicted octanol–water partition coefficient (Wildman–Crippen LogP) is 3.73. The van der Waals surface area contributed by atoms with Crippen molar-refractivity contribution in [3.05, 3.63) is 53.7 Å². The maximum atomic E-state index is 13.0. The Labute approximate surface area is 197 Å². The molecule has 0 bridgehead atoms. The van der Waals surface area contributed by atoms with Crippen LogP contribution in [0.25, 0.3) is 16.9 Å². The Hall–Kier alpha value is -4.01. The zero-order chi connectivity index (χ0) is 24.2. The SMILES string of the molecule is COC(=O)c1c(-c2cc(OC)c(N3CCCC3)cc2OC)nn(-c2ccccc2)c1C(=O)OC. The van der Waals surface area contributed by atoms with Crippen LogP contribution in [0.3, 0.4) is 0 Å². The van der Waals surface area contributed by atoms with Gasteiger partial charge in [-0.15, -0.1) is 0 Å². The lowest BCUT2D eigenvalue weighted by Gasteiger charge is -2.22. The van der Waals surface area contributed by atoms with E-state index in [-0.39, 0.29) is 17.0 Å². The minimum Gasteiger partial charge on any atom is -0.496 e. The number of esters is 2. The van der Waals surface area contributed by atoms with Crippen LogP contribution in [0.15, 0.2) is 42.5 Å². The summed E-state index contributed by atoms with van der Waals surface area (Å²) in [4.78, 5) is 28.0. The lowest BCUT2D eigenvalue weighted by molar-refractivity contribution is 0.0549. The van der Waals surface area contributed by atoms with E-state index in [2.05, 4.69) is 10.00 Å². The van der Waals surface area contributed by atoms with E-state index >= 15 is 0 Å². The molecule has 4 rings (SSSR count). The Morgan fingerprint density at radius 2 is 1.50 bits per heavy atom. The Morgan fingerprint density at radius 3 is 2.09 bits per heavy atom. The van der Waals surface area contributed by atoms with Gasteiger partial charge in [-0.05, 0) is 31.0 Å². The number of nitrogens with zero attached hydrogens (tertiary/aromatic N) is 3. The summed E-state index contributed by atoms with van der Waals surface area (Å²) in [5.74, 6) is -0.339. The molecular weight excluding hydrogens is 438 g/mol. The number of aromatic nitrogens is 2. The van der Waals surface area contributed by atoms with Gasteiger partial charge in [0.05, 0.1) is 39.8 Å². The van der Waals surface area contributed by atoms with Crippen molar-refractivity contribution in [2.24, 2.45) is 0 Å². The van der Waals surface area contributed by atoms with Crippen molar-refractivity contribution in [3.63, 3.8) is 0 Å². The Balaban J connectivity index is 2.01. The number of para-hydroxylation sites is 1. The van der Waals surface area contributed by atoms with Gasteiger partial charge in [-0.25, -0.2) is 14.3 Å². The first kappa shape index (κ1) is 23.2. The summed E-state index contributed by atoms with van der Waals surface area (Å²) in [5.41, 5.74) is 2.13. The highest BCUT2D eigenvalue weighted by molar-refractivity contribution is 6.07. The van der Waals surface area contributed by atoms with E-state index in [4.69, 9.17) is 18.9 Å².